The molecule has 2 N–H and O–H groups in total. The van der Waals surface area contributed by atoms with Crippen molar-refractivity contribution in [1.82, 2.24) is 9.71 Å². The SMILES string of the molecule is CC(C)CC(CO)NS(=O)(=O)c1cnc(Cl)c(Cl)c1. The van der Waals surface area contributed by atoms with Crippen molar-refractivity contribution in [3.8, 4) is 0 Å². The quantitative estimate of drug-likeness (QED) is 0.784. The lowest BCUT2D eigenvalue weighted by Gasteiger charge is -2.18. The number of pyridine rings is 1. The Labute approximate surface area is 123 Å². The van der Waals surface area contributed by atoms with Crippen molar-refractivity contribution in [3.05, 3.63) is 22.4 Å². The summed E-state index contributed by atoms with van der Waals surface area (Å²) in [4.78, 5) is 3.61. The van der Waals surface area contributed by atoms with Crippen LogP contribution in [0.2, 0.25) is 10.2 Å². The smallest absolute Gasteiger partial charge is 0.242 e. The number of hydrogen-bond acceptors (Lipinski definition) is 4. The molecule has 19 heavy (non-hydrogen) atoms. The van der Waals surface area contributed by atoms with Crippen LogP contribution in [0.4, 0.5) is 0 Å². The zero-order valence-electron chi connectivity index (χ0n) is 10.6. The number of aliphatic hydroxyl groups is 1. The zero-order valence-corrected chi connectivity index (χ0v) is 12.9. The van der Waals surface area contributed by atoms with Crippen LogP contribution in [0, 0.1) is 5.92 Å². The second-order valence-corrected chi connectivity index (χ2v) is 7.05. The van der Waals surface area contributed by atoms with E-state index < -0.39 is 16.1 Å². The van der Waals surface area contributed by atoms with E-state index in [1.165, 1.54) is 6.07 Å². The van der Waals surface area contributed by atoms with Crippen LogP contribution < -0.4 is 4.72 Å². The molecule has 1 aromatic heterocycles. The Hall–Kier alpha value is -0.400. The van der Waals surface area contributed by atoms with Gasteiger partial charge in [-0.05, 0) is 18.4 Å². The first-order chi connectivity index (χ1) is 8.76. The van der Waals surface area contributed by atoms with Gasteiger partial charge in [0.15, 0.2) is 0 Å². The highest BCUT2D eigenvalue weighted by molar-refractivity contribution is 7.89. The predicted octanol–water partition coefficient (Wildman–Crippen LogP) is 2.07. The normalized spacial score (nSPS) is 13.8. The van der Waals surface area contributed by atoms with Crippen molar-refractivity contribution in [2.24, 2.45) is 5.92 Å². The average Bonchev–Trinajstić information content (AvgIpc) is 2.30. The highest BCUT2D eigenvalue weighted by atomic mass is 35.5. The summed E-state index contributed by atoms with van der Waals surface area (Å²) in [6, 6.07) is 0.683. The maximum atomic E-state index is 12.1. The predicted molar refractivity (Wildman–Crippen MR) is 74.9 cm³/mol. The summed E-state index contributed by atoms with van der Waals surface area (Å²) in [5, 5.41) is 9.30. The van der Waals surface area contributed by atoms with E-state index in [0.29, 0.717) is 6.42 Å². The van der Waals surface area contributed by atoms with Crippen LogP contribution in [0.25, 0.3) is 0 Å². The minimum atomic E-state index is -3.77. The molecule has 0 amide bonds. The molecule has 1 heterocycles. The zero-order chi connectivity index (χ0) is 14.6. The number of nitrogens with zero attached hydrogens (tertiary/aromatic N) is 1. The van der Waals surface area contributed by atoms with E-state index >= 15 is 0 Å². The fraction of sp³-hybridized carbons (Fsp3) is 0.545. The highest BCUT2D eigenvalue weighted by Gasteiger charge is 2.21. The van der Waals surface area contributed by atoms with Gasteiger partial charge < -0.3 is 5.11 Å². The molecule has 0 aliphatic carbocycles. The van der Waals surface area contributed by atoms with Gasteiger partial charge in [-0.2, -0.15) is 0 Å². The van der Waals surface area contributed by atoms with E-state index in [1.807, 2.05) is 13.8 Å². The average molecular weight is 327 g/mol. The van der Waals surface area contributed by atoms with Gasteiger partial charge in [-0.25, -0.2) is 18.1 Å². The highest BCUT2D eigenvalue weighted by Crippen LogP contribution is 2.22. The van der Waals surface area contributed by atoms with Gasteiger partial charge in [-0.1, -0.05) is 37.0 Å². The van der Waals surface area contributed by atoms with Crippen LogP contribution in [-0.2, 0) is 10.0 Å². The van der Waals surface area contributed by atoms with E-state index in [4.69, 9.17) is 23.2 Å². The molecule has 108 valence electrons. The molecule has 8 heteroatoms. The van der Waals surface area contributed by atoms with Crippen molar-refractivity contribution in [3.63, 3.8) is 0 Å². The molecule has 0 aromatic carbocycles. The third-order valence-corrected chi connectivity index (χ3v) is 4.55. The fourth-order valence-corrected chi connectivity index (χ4v) is 3.11. The number of rotatable bonds is 6. The Morgan fingerprint density at radius 2 is 2.05 bits per heavy atom. The van der Waals surface area contributed by atoms with E-state index in [9.17, 15) is 13.5 Å². The lowest BCUT2D eigenvalue weighted by atomic mass is 10.1. The van der Waals surface area contributed by atoms with Crippen LogP contribution >= 0.6 is 23.2 Å². The summed E-state index contributed by atoms with van der Waals surface area (Å²) >= 11 is 11.4. The monoisotopic (exact) mass is 326 g/mol. The first kappa shape index (κ1) is 16.7. The Bertz CT molecular complexity index is 535. The van der Waals surface area contributed by atoms with Crippen molar-refractivity contribution in [2.75, 3.05) is 6.61 Å². The molecule has 0 aliphatic heterocycles. The molecule has 0 spiro atoms. The second kappa shape index (κ2) is 6.85. The van der Waals surface area contributed by atoms with Gasteiger partial charge in [0.25, 0.3) is 0 Å². The van der Waals surface area contributed by atoms with Crippen molar-refractivity contribution in [2.45, 2.75) is 31.2 Å². The molecule has 0 bridgehead atoms. The molecular weight excluding hydrogens is 311 g/mol. The van der Waals surface area contributed by atoms with Gasteiger partial charge in [-0.15, -0.1) is 0 Å². The maximum Gasteiger partial charge on any atom is 0.242 e. The van der Waals surface area contributed by atoms with Crippen molar-refractivity contribution in [1.29, 1.82) is 0 Å². The summed E-state index contributed by atoms with van der Waals surface area (Å²) in [5.74, 6) is 0.256. The van der Waals surface area contributed by atoms with Gasteiger partial charge in [0.1, 0.15) is 10.0 Å². The summed E-state index contributed by atoms with van der Waals surface area (Å²) in [6.07, 6.45) is 1.66. The second-order valence-electron chi connectivity index (χ2n) is 4.57. The van der Waals surface area contributed by atoms with E-state index in [2.05, 4.69) is 9.71 Å². The molecule has 0 radical (unpaired) electrons. The number of aromatic nitrogens is 1. The molecule has 0 saturated carbocycles. The van der Waals surface area contributed by atoms with Crippen LogP contribution in [0.15, 0.2) is 17.2 Å². The molecule has 0 fully saturated rings. The summed E-state index contributed by atoms with van der Waals surface area (Å²) in [6.45, 7) is 3.61. The maximum absolute atomic E-state index is 12.1. The lowest BCUT2D eigenvalue weighted by molar-refractivity contribution is 0.240. The van der Waals surface area contributed by atoms with Crippen LogP contribution in [0.5, 0.6) is 0 Å². The lowest BCUT2D eigenvalue weighted by Crippen LogP contribution is -2.38. The molecule has 0 aliphatic rings. The van der Waals surface area contributed by atoms with Gasteiger partial charge in [-0.3, -0.25) is 0 Å². The largest absolute Gasteiger partial charge is 0.395 e. The molecule has 1 atom stereocenters. The third-order valence-electron chi connectivity index (χ3n) is 2.38. The van der Waals surface area contributed by atoms with Crippen LogP contribution in [-0.4, -0.2) is 31.2 Å². The number of aliphatic hydroxyl groups excluding tert-OH is 1. The standard InChI is InChI=1S/C11H16Cl2N2O3S/c1-7(2)3-8(6-16)15-19(17,18)9-4-10(12)11(13)14-5-9/h4-5,7-8,15-16H,3,6H2,1-2H3. The fourth-order valence-electron chi connectivity index (χ4n) is 1.57. The summed E-state index contributed by atoms with van der Waals surface area (Å²) < 4.78 is 26.6. The minimum Gasteiger partial charge on any atom is -0.395 e. The Kier molecular flexibility index (Phi) is 6.01. The van der Waals surface area contributed by atoms with Crippen LogP contribution in [0.3, 0.4) is 0 Å². The van der Waals surface area contributed by atoms with E-state index in [0.717, 1.165) is 6.20 Å². The number of sulfonamides is 1. The van der Waals surface area contributed by atoms with Crippen molar-refractivity contribution < 1.29 is 13.5 Å². The van der Waals surface area contributed by atoms with Crippen molar-refractivity contribution >= 4 is 33.2 Å². The van der Waals surface area contributed by atoms with Gasteiger partial charge in [0.05, 0.1) is 11.6 Å². The number of hydrogen-bond donors (Lipinski definition) is 2. The molecule has 5 nitrogen and oxygen atoms in total. The van der Waals surface area contributed by atoms with Gasteiger partial charge in [0, 0.05) is 12.2 Å². The third kappa shape index (κ3) is 4.89. The number of nitrogens with one attached hydrogen (secondary N) is 1. The first-order valence-corrected chi connectivity index (χ1v) is 7.94. The van der Waals surface area contributed by atoms with Crippen LogP contribution in [0.1, 0.15) is 20.3 Å². The van der Waals surface area contributed by atoms with Gasteiger partial charge in [0.2, 0.25) is 10.0 Å². The Morgan fingerprint density at radius 3 is 2.53 bits per heavy atom. The molecule has 1 aromatic rings. The molecular formula is C11H16Cl2N2O3S. The van der Waals surface area contributed by atoms with E-state index in [1.54, 1.807) is 0 Å². The first-order valence-electron chi connectivity index (χ1n) is 5.70. The topological polar surface area (TPSA) is 79.3 Å². The molecule has 1 unspecified atom stereocenters. The number of halogens is 2. The van der Waals surface area contributed by atoms with E-state index in [-0.39, 0.29) is 27.6 Å². The summed E-state index contributed by atoms with van der Waals surface area (Å²) in [5.41, 5.74) is 0. The Balaban J connectivity index is 2.93. The molecule has 1 rings (SSSR count). The minimum absolute atomic E-state index is 0.0431. The summed E-state index contributed by atoms with van der Waals surface area (Å²) in [7, 11) is -3.77. The molecule has 0 saturated heterocycles. The Morgan fingerprint density at radius 1 is 1.42 bits per heavy atom. The van der Waals surface area contributed by atoms with Gasteiger partial charge >= 0.3 is 0 Å².